The number of amides is 1. The van der Waals surface area contributed by atoms with E-state index >= 15 is 0 Å². The van der Waals surface area contributed by atoms with Crippen LogP contribution < -0.4 is 34.3 Å². The zero-order chi connectivity index (χ0) is 34.3. The van der Waals surface area contributed by atoms with Crippen LogP contribution in [0.4, 0.5) is 10.1 Å². The number of carbonyl (C=O) groups is 1. The SMILES string of the molecule is COc1ccc(Cn2c(=O)/c(=C\c3ccc(OCc4ccc(F)cc4)c(OC)c3)s/c2=C(/C#N)C(=O)Nc2cccc3ccccc23)cc1. The lowest BCUT2D eigenvalue weighted by molar-refractivity contribution is -0.111. The summed E-state index contributed by atoms with van der Waals surface area (Å²) in [5.74, 6) is 0.613. The first-order valence-corrected chi connectivity index (χ1v) is 16.0. The van der Waals surface area contributed by atoms with Gasteiger partial charge in [-0.15, -0.1) is 11.3 Å². The summed E-state index contributed by atoms with van der Waals surface area (Å²) in [4.78, 5) is 27.7. The van der Waals surface area contributed by atoms with Gasteiger partial charge in [0.2, 0.25) is 0 Å². The van der Waals surface area contributed by atoms with Crippen LogP contribution in [-0.4, -0.2) is 24.7 Å². The van der Waals surface area contributed by atoms with Crippen LogP contribution in [0.2, 0.25) is 0 Å². The molecule has 0 unspecified atom stereocenters. The molecule has 1 N–H and O–H groups in total. The van der Waals surface area contributed by atoms with Gasteiger partial charge in [0.15, 0.2) is 17.1 Å². The molecule has 0 atom stereocenters. The normalized spacial score (nSPS) is 11.9. The van der Waals surface area contributed by atoms with Crippen LogP contribution in [0.1, 0.15) is 16.7 Å². The Labute approximate surface area is 285 Å². The number of nitriles is 1. The van der Waals surface area contributed by atoms with Gasteiger partial charge in [-0.25, -0.2) is 4.39 Å². The van der Waals surface area contributed by atoms with Crippen molar-refractivity contribution in [1.82, 2.24) is 4.57 Å². The Kier molecular flexibility index (Phi) is 9.83. The largest absolute Gasteiger partial charge is 0.497 e. The third-order valence-corrected chi connectivity index (χ3v) is 8.92. The molecular weight excluding hydrogens is 642 g/mol. The maximum Gasteiger partial charge on any atom is 0.269 e. The maximum atomic E-state index is 14.0. The van der Waals surface area contributed by atoms with Crippen molar-refractivity contribution in [1.29, 1.82) is 5.26 Å². The predicted molar refractivity (Wildman–Crippen MR) is 189 cm³/mol. The number of halogens is 1. The summed E-state index contributed by atoms with van der Waals surface area (Å²) in [5.41, 5.74) is 2.21. The average molecular weight is 672 g/mol. The molecule has 49 heavy (non-hydrogen) atoms. The van der Waals surface area contributed by atoms with Gasteiger partial charge in [-0.3, -0.25) is 14.2 Å². The topological polar surface area (TPSA) is 103 Å². The Hall–Kier alpha value is -6.18. The van der Waals surface area contributed by atoms with Gasteiger partial charge in [-0.2, -0.15) is 5.26 Å². The molecule has 0 spiro atoms. The van der Waals surface area contributed by atoms with Gasteiger partial charge in [0.1, 0.15) is 28.9 Å². The Morgan fingerprint density at radius 1 is 0.898 bits per heavy atom. The molecule has 1 amide bonds. The molecule has 0 saturated carbocycles. The maximum absolute atomic E-state index is 14.0. The van der Waals surface area contributed by atoms with E-state index in [4.69, 9.17) is 14.2 Å². The summed E-state index contributed by atoms with van der Waals surface area (Å²) >= 11 is 1.06. The van der Waals surface area contributed by atoms with Crippen molar-refractivity contribution in [3.8, 4) is 23.3 Å². The van der Waals surface area contributed by atoms with Gasteiger partial charge in [-0.05, 0) is 70.6 Å². The molecule has 0 aliphatic heterocycles. The van der Waals surface area contributed by atoms with Crippen molar-refractivity contribution in [2.75, 3.05) is 19.5 Å². The summed E-state index contributed by atoms with van der Waals surface area (Å²) in [5, 5.41) is 14.9. The molecule has 0 radical (unpaired) electrons. The first-order chi connectivity index (χ1) is 23.9. The molecule has 0 aliphatic rings. The van der Waals surface area contributed by atoms with Gasteiger partial charge in [0.05, 0.1) is 25.3 Å². The van der Waals surface area contributed by atoms with E-state index in [0.29, 0.717) is 33.0 Å². The number of hydrogen-bond donors (Lipinski definition) is 1. The van der Waals surface area contributed by atoms with Crippen molar-refractivity contribution in [3.63, 3.8) is 0 Å². The molecule has 1 heterocycles. The second kappa shape index (κ2) is 14.7. The molecule has 6 rings (SSSR count). The van der Waals surface area contributed by atoms with Gasteiger partial charge >= 0.3 is 0 Å². The highest BCUT2D eigenvalue weighted by molar-refractivity contribution is 7.07. The Morgan fingerprint density at radius 3 is 2.37 bits per heavy atom. The predicted octanol–water partition coefficient (Wildman–Crippen LogP) is 5.99. The van der Waals surface area contributed by atoms with Crippen LogP contribution in [-0.2, 0) is 17.9 Å². The van der Waals surface area contributed by atoms with E-state index in [1.807, 2.05) is 48.5 Å². The minimum atomic E-state index is -0.626. The van der Waals surface area contributed by atoms with Crippen molar-refractivity contribution in [2.24, 2.45) is 0 Å². The van der Waals surface area contributed by atoms with Crippen molar-refractivity contribution < 1.29 is 23.4 Å². The van der Waals surface area contributed by atoms with Crippen LogP contribution in [0.3, 0.4) is 0 Å². The number of ether oxygens (including phenoxy) is 3. The van der Waals surface area contributed by atoms with Crippen molar-refractivity contribution in [2.45, 2.75) is 13.2 Å². The molecule has 8 nitrogen and oxygen atoms in total. The van der Waals surface area contributed by atoms with E-state index in [0.717, 1.165) is 33.2 Å². The molecular formula is C39H30FN3O5S. The van der Waals surface area contributed by atoms with Crippen LogP contribution in [0.25, 0.3) is 22.4 Å². The van der Waals surface area contributed by atoms with Crippen LogP contribution >= 0.6 is 11.3 Å². The summed E-state index contributed by atoms with van der Waals surface area (Å²) in [7, 11) is 3.08. The number of nitrogens with one attached hydrogen (secondary N) is 1. The molecule has 244 valence electrons. The molecule has 0 saturated heterocycles. The van der Waals surface area contributed by atoms with Gasteiger partial charge in [-0.1, -0.05) is 66.7 Å². The summed E-state index contributed by atoms with van der Waals surface area (Å²) in [6.07, 6.45) is 1.69. The lowest BCUT2D eigenvalue weighted by Gasteiger charge is -2.11. The van der Waals surface area contributed by atoms with E-state index in [9.17, 15) is 19.2 Å². The Bertz CT molecular complexity index is 2370. The fourth-order valence-electron chi connectivity index (χ4n) is 5.26. The van der Waals surface area contributed by atoms with Crippen molar-refractivity contribution in [3.05, 3.63) is 151 Å². The summed E-state index contributed by atoms with van der Waals surface area (Å²) in [6, 6.07) is 33.7. The Morgan fingerprint density at radius 2 is 1.63 bits per heavy atom. The number of aromatic nitrogens is 1. The monoisotopic (exact) mass is 671 g/mol. The molecule has 0 fully saturated rings. The number of fused-ring (bicyclic) bond motifs is 1. The minimum Gasteiger partial charge on any atom is -0.497 e. The molecule has 0 aliphatic carbocycles. The third kappa shape index (κ3) is 7.38. The van der Waals surface area contributed by atoms with E-state index in [1.165, 1.54) is 23.8 Å². The third-order valence-electron chi connectivity index (χ3n) is 7.79. The zero-order valence-corrected chi connectivity index (χ0v) is 27.4. The fourth-order valence-corrected chi connectivity index (χ4v) is 6.36. The number of carbonyl (C=O) groups excluding carboxylic acids is 1. The highest BCUT2D eigenvalue weighted by Crippen LogP contribution is 2.29. The fraction of sp³-hybridized carbons (Fsp3) is 0.103. The number of benzene rings is 5. The van der Waals surface area contributed by atoms with Crippen molar-refractivity contribution >= 4 is 45.4 Å². The highest BCUT2D eigenvalue weighted by Gasteiger charge is 2.18. The lowest BCUT2D eigenvalue weighted by Crippen LogP contribution is -2.34. The number of rotatable bonds is 10. The second-order valence-electron chi connectivity index (χ2n) is 10.9. The highest BCUT2D eigenvalue weighted by atomic mass is 32.1. The van der Waals surface area contributed by atoms with Crippen LogP contribution in [0, 0.1) is 17.1 Å². The van der Waals surface area contributed by atoms with E-state index in [1.54, 1.807) is 61.7 Å². The quantitative estimate of drug-likeness (QED) is 0.192. The number of anilines is 1. The first-order valence-electron chi connectivity index (χ1n) is 15.2. The number of nitrogens with zero attached hydrogens (tertiary/aromatic N) is 2. The van der Waals surface area contributed by atoms with Crippen LogP contribution in [0.15, 0.2) is 114 Å². The minimum absolute atomic E-state index is 0.120. The van der Waals surface area contributed by atoms with Gasteiger partial charge < -0.3 is 19.5 Å². The van der Waals surface area contributed by atoms with E-state index in [-0.39, 0.29) is 34.8 Å². The van der Waals surface area contributed by atoms with Gasteiger partial charge in [0, 0.05) is 11.1 Å². The standard InChI is InChI=1S/C39H30FN3O5S/c1-46-30-17-12-25(13-18-30)23-43-38(45)36(21-27-14-19-34(35(20-27)47-2)48-24-26-10-15-29(40)16-11-26)49-39(43)32(22-41)37(44)42-33-9-5-7-28-6-3-4-8-31(28)33/h3-21H,23-24H2,1-2H3,(H,42,44)/b36-21+,39-32-. The van der Waals surface area contributed by atoms with E-state index in [2.05, 4.69) is 11.4 Å². The molecule has 10 heteroatoms. The van der Waals surface area contributed by atoms with Gasteiger partial charge in [0.25, 0.3) is 11.5 Å². The average Bonchev–Trinajstić information content (AvgIpc) is 3.42. The molecule has 1 aromatic heterocycles. The number of hydrogen-bond acceptors (Lipinski definition) is 7. The zero-order valence-electron chi connectivity index (χ0n) is 26.6. The van der Waals surface area contributed by atoms with Crippen LogP contribution in [0.5, 0.6) is 17.2 Å². The Balaban J connectivity index is 1.41. The molecule has 5 aromatic carbocycles. The number of methoxy groups -OCH3 is 2. The second-order valence-corrected chi connectivity index (χ2v) is 12.0. The summed E-state index contributed by atoms with van der Waals surface area (Å²) in [6.45, 7) is 0.326. The molecule has 6 aromatic rings. The lowest BCUT2D eigenvalue weighted by atomic mass is 10.1. The first kappa shape index (κ1) is 32.7. The van der Waals surface area contributed by atoms with E-state index < -0.39 is 5.91 Å². The summed E-state index contributed by atoms with van der Waals surface area (Å²) < 4.78 is 32.0. The smallest absolute Gasteiger partial charge is 0.269 e. The molecule has 0 bridgehead atoms. The number of thiazole rings is 1.